The molecule has 2 heterocycles. The molecule has 0 spiro atoms. The number of thiazole rings is 1. The van der Waals surface area contributed by atoms with E-state index in [0.29, 0.717) is 28.3 Å². The molecule has 0 saturated heterocycles. The highest BCUT2D eigenvalue weighted by atomic mass is 32.1. The fourth-order valence-corrected chi connectivity index (χ4v) is 2.56. The lowest BCUT2D eigenvalue weighted by molar-refractivity contribution is 0.418. The number of nitrogens with zero attached hydrogens (tertiary/aromatic N) is 3. The number of fused-ring (bicyclic) bond motifs is 1. The van der Waals surface area contributed by atoms with Gasteiger partial charge in [0.15, 0.2) is 5.13 Å². The maximum absolute atomic E-state index is 12.4. The molecule has 102 valence electrons. The molecule has 0 amide bonds. The zero-order valence-electron chi connectivity index (χ0n) is 10.7. The summed E-state index contributed by atoms with van der Waals surface area (Å²) in [7, 11) is 1.56. The molecule has 0 saturated carbocycles. The molecule has 2 aromatic heterocycles. The van der Waals surface area contributed by atoms with Gasteiger partial charge in [0.05, 0.1) is 31.1 Å². The third-order valence-electron chi connectivity index (χ3n) is 2.94. The smallest absolute Gasteiger partial charge is 0.261 e. The molecule has 3 aromatic rings. The molecule has 0 aliphatic carbocycles. The van der Waals surface area contributed by atoms with Crippen molar-refractivity contribution in [2.75, 3.05) is 12.8 Å². The summed E-state index contributed by atoms with van der Waals surface area (Å²) in [6.07, 6.45) is 1.50. The van der Waals surface area contributed by atoms with E-state index in [1.165, 1.54) is 22.2 Å². The average Bonchev–Trinajstić information content (AvgIpc) is 2.87. The van der Waals surface area contributed by atoms with Gasteiger partial charge in [-0.05, 0) is 12.1 Å². The highest BCUT2D eigenvalue weighted by Crippen LogP contribution is 2.20. The van der Waals surface area contributed by atoms with Crippen molar-refractivity contribution in [2.45, 2.75) is 6.54 Å². The van der Waals surface area contributed by atoms with Crippen LogP contribution in [0.4, 0.5) is 5.13 Å². The number of ether oxygens (including phenoxy) is 1. The number of aromatic nitrogens is 3. The minimum Gasteiger partial charge on any atom is -0.494 e. The summed E-state index contributed by atoms with van der Waals surface area (Å²) < 4.78 is 6.72. The van der Waals surface area contributed by atoms with Crippen molar-refractivity contribution in [1.29, 1.82) is 0 Å². The number of rotatable bonds is 3. The quantitative estimate of drug-likeness (QED) is 0.789. The lowest BCUT2D eigenvalue weighted by atomic mass is 10.2. The topological polar surface area (TPSA) is 83.0 Å². The number of methoxy groups -OCH3 is 1. The summed E-state index contributed by atoms with van der Waals surface area (Å²) in [6, 6.07) is 5.29. The second kappa shape index (κ2) is 4.93. The number of para-hydroxylation sites is 1. The van der Waals surface area contributed by atoms with Gasteiger partial charge in [-0.25, -0.2) is 9.97 Å². The van der Waals surface area contributed by atoms with Crippen molar-refractivity contribution in [3.8, 4) is 5.75 Å². The Bertz CT molecular complexity index is 825. The van der Waals surface area contributed by atoms with E-state index in [2.05, 4.69) is 9.97 Å². The highest BCUT2D eigenvalue weighted by Gasteiger charge is 2.09. The van der Waals surface area contributed by atoms with E-state index in [-0.39, 0.29) is 5.56 Å². The molecule has 20 heavy (non-hydrogen) atoms. The van der Waals surface area contributed by atoms with Gasteiger partial charge in [-0.1, -0.05) is 6.07 Å². The molecule has 2 N–H and O–H groups in total. The largest absolute Gasteiger partial charge is 0.494 e. The molecule has 6 nitrogen and oxygen atoms in total. The molecule has 0 unspecified atom stereocenters. The van der Waals surface area contributed by atoms with Gasteiger partial charge < -0.3 is 10.5 Å². The van der Waals surface area contributed by atoms with E-state index in [9.17, 15) is 4.79 Å². The van der Waals surface area contributed by atoms with Crippen LogP contribution in [0.2, 0.25) is 0 Å². The molecule has 0 bridgehead atoms. The van der Waals surface area contributed by atoms with Crippen molar-refractivity contribution in [1.82, 2.24) is 14.5 Å². The summed E-state index contributed by atoms with van der Waals surface area (Å²) in [5, 5.41) is 2.84. The van der Waals surface area contributed by atoms with Crippen LogP contribution in [0.25, 0.3) is 10.9 Å². The Hall–Kier alpha value is -2.41. The van der Waals surface area contributed by atoms with Crippen LogP contribution in [0.1, 0.15) is 5.69 Å². The van der Waals surface area contributed by atoms with Gasteiger partial charge in [-0.15, -0.1) is 11.3 Å². The predicted octanol–water partition coefficient (Wildman–Crippen LogP) is 1.49. The first-order valence-electron chi connectivity index (χ1n) is 5.91. The molecular weight excluding hydrogens is 276 g/mol. The maximum atomic E-state index is 12.4. The normalized spacial score (nSPS) is 10.8. The minimum atomic E-state index is -0.125. The van der Waals surface area contributed by atoms with Crippen LogP contribution in [-0.4, -0.2) is 21.6 Å². The van der Waals surface area contributed by atoms with Crippen molar-refractivity contribution < 1.29 is 4.74 Å². The summed E-state index contributed by atoms with van der Waals surface area (Å²) in [4.78, 5) is 20.9. The van der Waals surface area contributed by atoms with E-state index in [1.807, 2.05) is 5.38 Å². The lowest BCUT2D eigenvalue weighted by Gasteiger charge is -2.07. The second-order valence-electron chi connectivity index (χ2n) is 4.21. The van der Waals surface area contributed by atoms with Crippen molar-refractivity contribution in [3.05, 3.63) is 46.0 Å². The number of nitrogens with two attached hydrogens (primary N) is 1. The fourth-order valence-electron chi connectivity index (χ4n) is 2.01. The van der Waals surface area contributed by atoms with Crippen molar-refractivity contribution in [2.24, 2.45) is 0 Å². The van der Waals surface area contributed by atoms with Gasteiger partial charge in [0.1, 0.15) is 11.3 Å². The standard InChI is InChI=1S/C13H12N4O2S/c1-19-10-4-2-3-9-11(10)15-7-17(12(9)18)5-8-6-20-13(14)16-8/h2-4,6-7H,5H2,1H3,(H2,14,16). The number of benzene rings is 1. The zero-order chi connectivity index (χ0) is 14.1. The summed E-state index contributed by atoms with van der Waals surface area (Å²) >= 11 is 1.35. The first-order chi connectivity index (χ1) is 9.69. The van der Waals surface area contributed by atoms with Crippen molar-refractivity contribution >= 4 is 27.4 Å². The van der Waals surface area contributed by atoms with Gasteiger partial charge in [0.2, 0.25) is 0 Å². The van der Waals surface area contributed by atoms with Crippen LogP contribution in [0.5, 0.6) is 5.75 Å². The molecule has 3 rings (SSSR count). The third kappa shape index (κ3) is 2.12. The Balaban J connectivity index is 2.10. The Morgan fingerprint density at radius 2 is 2.30 bits per heavy atom. The second-order valence-corrected chi connectivity index (χ2v) is 5.10. The van der Waals surface area contributed by atoms with Crippen LogP contribution >= 0.6 is 11.3 Å². The zero-order valence-corrected chi connectivity index (χ0v) is 11.6. The first kappa shape index (κ1) is 12.6. The molecule has 1 aromatic carbocycles. The summed E-state index contributed by atoms with van der Waals surface area (Å²) in [6.45, 7) is 0.354. The molecule has 0 fully saturated rings. The molecule has 0 aliphatic heterocycles. The van der Waals surface area contributed by atoms with Crippen LogP contribution < -0.4 is 16.0 Å². The molecule has 0 radical (unpaired) electrons. The number of nitrogen functional groups attached to an aromatic ring is 1. The summed E-state index contributed by atoms with van der Waals surface area (Å²) in [5.41, 5.74) is 6.77. The van der Waals surface area contributed by atoms with Crippen LogP contribution in [0.15, 0.2) is 34.7 Å². The van der Waals surface area contributed by atoms with E-state index in [0.717, 1.165) is 5.69 Å². The van der Waals surface area contributed by atoms with Gasteiger partial charge >= 0.3 is 0 Å². The Morgan fingerprint density at radius 3 is 3.00 bits per heavy atom. The third-order valence-corrected chi connectivity index (χ3v) is 3.66. The van der Waals surface area contributed by atoms with Gasteiger partial charge in [-0.3, -0.25) is 9.36 Å². The molecule has 7 heteroatoms. The first-order valence-corrected chi connectivity index (χ1v) is 6.79. The Labute approximate surface area is 118 Å². The predicted molar refractivity (Wildman–Crippen MR) is 78.2 cm³/mol. The van der Waals surface area contributed by atoms with Crippen LogP contribution in [0.3, 0.4) is 0 Å². The summed E-state index contributed by atoms with van der Waals surface area (Å²) in [5.74, 6) is 0.588. The molecule has 0 atom stereocenters. The lowest BCUT2D eigenvalue weighted by Crippen LogP contribution is -2.21. The van der Waals surface area contributed by atoms with Crippen LogP contribution in [0, 0.1) is 0 Å². The van der Waals surface area contributed by atoms with E-state index >= 15 is 0 Å². The highest BCUT2D eigenvalue weighted by molar-refractivity contribution is 7.13. The number of anilines is 1. The Kier molecular flexibility index (Phi) is 3.11. The Morgan fingerprint density at radius 1 is 1.45 bits per heavy atom. The number of hydrogen-bond acceptors (Lipinski definition) is 6. The SMILES string of the molecule is COc1cccc2c(=O)n(Cc3csc(N)n3)cnc12. The van der Waals surface area contributed by atoms with Crippen LogP contribution in [-0.2, 0) is 6.54 Å². The van der Waals surface area contributed by atoms with Gasteiger partial charge in [0, 0.05) is 5.38 Å². The average molecular weight is 288 g/mol. The number of hydrogen-bond donors (Lipinski definition) is 1. The molecular formula is C13H12N4O2S. The van der Waals surface area contributed by atoms with E-state index in [4.69, 9.17) is 10.5 Å². The fraction of sp³-hybridized carbons (Fsp3) is 0.154. The maximum Gasteiger partial charge on any atom is 0.261 e. The van der Waals surface area contributed by atoms with Crippen molar-refractivity contribution in [3.63, 3.8) is 0 Å². The molecule has 0 aliphatic rings. The minimum absolute atomic E-state index is 0.125. The van der Waals surface area contributed by atoms with Gasteiger partial charge in [-0.2, -0.15) is 0 Å². The van der Waals surface area contributed by atoms with E-state index < -0.39 is 0 Å². The van der Waals surface area contributed by atoms with E-state index in [1.54, 1.807) is 25.3 Å². The van der Waals surface area contributed by atoms with Gasteiger partial charge in [0.25, 0.3) is 5.56 Å². The monoisotopic (exact) mass is 288 g/mol.